The van der Waals surface area contributed by atoms with Crippen molar-refractivity contribution in [2.24, 2.45) is 0 Å². The summed E-state index contributed by atoms with van der Waals surface area (Å²) in [6.45, 7) is 0. The van der Waals surface area contributed by atoms with E-state index >= 15 is 0 Å². The molecule has 0 bridgehead atoms. The second kappa shape index (κ2) is 22.8. The van der Waals surface area contributed by atoms with E-state index in [0.29, 0.717) is 0 Å². The van der Waals surface area contributed by atoms with Gasteiger partial charge in [-0.1, -0.05) is 6.07 Å². The molecule has 0 unspecified atom stereocenters. The van der Waals surface area contributed by atoms with E-state index in [-0.39, 0.29) is 12.4 Å². The van der Waals surface area contributed by atoms with Gasteiger partial charge in [0.1, 0.15) is 0 Å². The molecule has 0 fully saturated rings. The van der Waals surface area contributed by atoms with E-state index in [0.717, 1.165) is 14.2 Å². The lowest BCUT2D eigenvalue weighted by molar-refractivity contribution is 0.399. The van der Waals surface area contributed by atoms with Gasteiger partial charge in [-0.05, 0) is 12.1 Å². The van der Waals surface area contributed by atoms with Crippen molar-refractivity contribution >= 4 is 12.4 Å². The van der Waals surface area contributed by atoms with Crippen molar-refractivity contribution in [3.63, 3.8) is 0 Å². The standard InChI is InChI=1S/C5H5N.2CH4O.ClH/c1-2-4-6-5-3-1;2*1-2;/h1-5H;2*2H,1H3;1H. The van der Waals surface area contributed by atoms with Crippen LogP contribution in [0.2, 0.25) is 0 Å². The first kappa shape index (κ1) is 16.8. The summed E-state index contributed by atoms with van der Waals surface area (Å²) in [5.41, 5.74) is 0. The minimum Gasteiger partial charge on any atom is -0.400 e. The van der Waals surface area contributed by atoms with Crippen molar-refractivity contribution in [1.82, 2.24) is 4.98 Å². The third-order valence-electron chi connectivity index (χ3n) is 0.566. The summed E-state index contributed by atoms with van der Waals surface area (Å²) in [4.78, 5) is 3.78. The van der Waals surface area contributed by atoms with Gasteiger partial charge in [0.2, 0.25) is 0 Å². The van der Waals surface area contributed by atoms with Crippen LogP contribution in [-0.4, -0.2) is 29.4 Å². The molecule has 11 heavy (non-hydrogen) atoms. The smallest absolute Gasteiger partial charge is 0.0319 e. The van der Waals surface area contributed by atoms with Crippen molar-refractivity contribution in [2.75, 3.05) is 14.2 Å². The van der Waals surface area contributed by atoms with E-state index in [1.165, 1.54) is 0 Å². The highest BCUT2D eigenvalue weighted by molar-refractivity contribution is 5.85. The van der Waals surface area contributed by atoms with E-state index in [4.69, 9.17) is 10.2 Å². The quantitative estimate of drug-likeness (QED) is 0.617. The molecule has 0 amide bonds. The predicted octanol–water partition coefficient (Wildman–Crippen LogP) is 0.720. The number of halogens is 1. The molecule has 0 aliphatic rings. The zero-order valence-corrected chi connectivity index (χ0v) is 7.45. The maximum Gasteiger partial charge on any atom is 0.0319 e. The minimum absolute atomic E-state index is 0. The first-order valence-corrected chi connectivity index (χ1v) is 2.74. The Morgan fingerprint density at radius 3 is 1.27 bits per heavy atom. The van der Waals surface area contributed by atoms with E-state index in [2.05, 4.69) is 4.98 Å². The van der Waals surface area contributed by atoms with Crippen LogP contribution < -0.4 is 0 Å². The molecule has 0 saturated heterocycles. The number of hydrogen-bond donors (Lipinski definition) is 2. The van der Waals surface area contributed by atoms with Gasteiger partial charge in [0.15, 0.2) is 0 Å². The summed E-state index contributed by atoms with van der Waals surface area (Å²) in [5.74, 6) is 0. The molecule has 66 valence electrons. The Labute approximate surface area is 73.1 Å². The largest absolute Gasteiger partial charge is 0.400 e. The van der Waals surface area contributed by atoms with Crippen molar-refractivity contribution < 1.29 is 10.2 Å². The number of pyridine rings is 1. The Bertz CT molecular complexity index is 88.4. The van der Waals surface area contributed by atoms with Crippen LogP contribution in [0.1, 0.15) is 0 Å². The summed E-state index contributed by atoms with van der Waals surface area (Å²) in [6.07, 6.45) is 3.50. The van der Waals surface area contributed by atoms with E-state index in [1.54, 1.807) is 12.4 Å². The topological polar surface area (TPSA) is 53.4 Å². The molecule has 2 N–H and O–H groups in total. The Morgan fingerprint density at radius 1 is 0.818 bits per heavy atom. The first-order valence-electron chi connectivity index (χ1n) is 2.74. The molecule has 0 saturated carbocycles. The molecule has 0 aromatic carbocycles. The molecule has 1 aromatic heterocycles. The lowest BCUT2D eigenvalue weighted by Crippen LogP contribution is -1.58. The monoisotopic (exact) mass is 179 g/mol. The van der Waals surface area contributed by atoms with Gasteiger partial charge in [0.25, 0.3) is 0 Å². The van der Waals surface area contributed by atoms with E-state index in [1.807, 2.05) is 18.2 Å². The van der Waals surface area contributed by atoms with Crippen LogP contribution in [0.3, 0.4) is 0 Å². The molecule has 0 aliphatic heterocycles. The van der Waals surface area contributed by atoms with Gasteiger partial charge in [-0.25, -0.2) is 0 Å². The van der Waals surface area contributed by atoms with Crippen LogP contribution in [-0.2, 0) is 0 Å². The van der Waals surface area contributed by atoms with Gasteiger partial charge in [-0.3, -0.25) is 4.98 Å². The highest BCUT2D eigenvalue weighted by Crippen LogP contribution is 1.73. The summed E-state index contributed by atoms with van der Waals surface area (Å²) < 4.78 is 0. The van der Waals surface area contributed by atoms with Crippen LogP contribution in [0.4, 0.5) is 0 Å². The zero-order valence-electron chi connectivity index (χ0n) is 6.64. The minimum atomic E-state index is 0. The third-order valence-corrected chi connectivity index (χ3v) is 0.566. The Hall–Kier alpha value is -0.640. The first-order chi connectivity index (χ1) is 5.00. The fraction of sp³-hybridized carbons (Fsp3) is 0.286. The van der Waals surface area contributed by atoms with Crippen LogP contribution in [0.5, 0.6) is 0 Å². The number of rotatable bonds is 0. The third kappa shape index (κ3) is 17.6. The normalized spacial score (nSPS) is 5.45. The molecule has 1 heterocycles. The van der Waals surface area contributed by atoms with Crippen LogP contribution in [0, 0.1) is 0 Å². The number of nitrogens with zero attached hydrogens (tertiary/aromatic N) is 1. The fourth-order valence-electron chi connectivity index (χ4n) is 0.313. The number of aliphatic hydroxyl groups is 2. The zero-order chi connectivity index (χ0) is 8.24. The maximum atomic E-state index is 7.00. The molecule has 0 atom stereocenters. The molecule has 0 aliphatic carbocycles. The Balaban J connectivity index is -0.000000114. The second-order valence-electron chi connectivity index (χ2n) is 1.02. The number of hydrogen-bond acceptors (Lipinski definition) is 3. The lowest BCUT2D eigenvalue weighted by atomic mass is 10.5. The number of aromatic nitrogens is 1. The summed E-state index contributed by atoms with van der Waals surface area (Å²) in [6, 6.07) is 5.72. The average Bonchev–Trinajstić information content (AvgIpc) is 2.14. The molecular weight excluding hydrogens is 166 g/mol. The van der Waals surface area contributed by atoms with E-state index < -0.39 is 0 Å². The SMILES string of the molecule is CO.CO.Cl.c1ccncc1. The summed E-state index contributed by atoms with van der Waals surface area (Å²) in [5, 5.41) is 14.0. The van der Waals surface area contributed by atoms with Gasteiger partial charge < -0.3 is 10.2 Å². The Kier molecular flexibility index (Phi) is 34.7. The van der Waals surface area contributed by atoms with Crippen molar-refractivity contribution in [1.29, 1.82) is 0 Å². The molecule has 1 aromatic rings. The average molecular weight is 180 g/mol. The fourth-order valence-corrected chi connectivity index (χ4v) is 0.313. The second-order valence-corrected chi connectivity index (χ2v) is 1.02. The maximum absolute atomic E-state index is 7.00. The predicted molar refractivity (Wildman–Crippen MR) is 47.8 cm³/mol. The lowest BCUT2D eigenvalue weighted by Gasteiger charge is -1.70. The van der Waals surface area contributed by atoms with Crippen LogP contribution in [0.25, 0.3) is 0 Å². The molecule has 0 radical (unpaired) electrons. The van der Waals surface area contributed by atoms with Crippen molar-refractivity contribution in [2.45, 2.75) is 0 Å². The van der Waals surface area contributed by atoms with Gasteiger partial charge in [0, 0.05) is 26.6 Å². The van der Waals surface area contributed by atoms with Crippen LogP contribution in [0.15, 0.2) is 30.6 Å². The van der Waals surface area contributed by atoms with Gasteiger partial charge >= 0.3 is 0 Å². The summed E-state index contributed by atoms with van der Waals surface area (Å²) >= 11 is 0. The molecule has 0 spiro atoms. The molecule has 4 heteroatoms. The molecule has 3 nitrogen and oxygen atoms in total. The molecular formula is C7H14ClNO2. The molecule has 1 rings (SSSR count). The van der Waals surface area contributed by atoms with Crippen LogP contribution >= 0.6 is 12.4 Å². The van der Waals surface area contributed by atoms with Gasteiger partial charge in [-0.2, -0.15) is 0 Å². The Morgan fingerprint density at radius 2 is 1.18 bits per heavy atom. The van der Waals surface area contributed by atoms with Gasteiger partial charge in [0.05, 0.1) is 0 Å². The van der Waals surface area contributed by atoms with E-state index in [9.17, 15) is 0 Å². The van der Waals surface area contributed by atoms with Gasteiger partial charge in [-0.15, -0.1) is 12.4 Å². The summed E-state index contributed by atoms with van der Waals surface area (Å²) in [7, 11) is 2.00. The highest BCUT2D eigenvalue weighted by atomic mass is 35.5. The van der Waals surface area contributed by atoms with Crippen molar-refractivity contribution in [3.8, 4) is 0 Å². The highest BCUT2D eigenvalue weighted by Gasteiger charge is 1.58. The van der Waals surface area contributed by atoms with Crippen molar-refractivity contribution in [3.05, 3.63) is 30.6 Å². The number of aliphatic hydroxyl groups excluding tert-OH is 2.